The topological polar surface area (TPSA) is 32.3 Å². The number of carbonyl (C=O) groups is 1. The Kier molecular flexibility index (Phi) is 5.70. The van der Waals surface area contributed by atoms with Crippen molar-refractivity contribution in [2.75, 3.05) is 20.1 Å². The Morgan fingerprint density at radius 1 is 1.10 bits per heavy atom. The molecule has 1 amide bonds. The summed E-state index contributed by atoms with van der Waals surface area (Å²) in [5.74, 6) is 1.53. The molecular weight excluding hydrogens is 260 g/mol. The van der Waals surface area contributed by atoms with Crippen LogP contribution in [0.2, 0.25) is 0 Å². The number of rotatable bonds is 3. The van der Waals surface area contributed by atoms with Crippen LogP contribution in [0.25, 0.3) is 0 Å². The number of likely N-dealkylation sites (N-methyl/N-ethyl adjacent to an activating group) is 1. The molecule has 0 aromatic rings. The number of hydrogen-bond acceptors (Lipinski definition) is 2. The molecule has 1 saturated carbocycles. The first-order valence-electron chi connectivity index (χ1n) is 8.88. The molecular formula is C18H34N2O. The van der Waals surface area contributed by atoms with E-state index in [1.807, 2.05) is 7.05 Å². The van der Waals surface area contributed by atoms with E-state index >= 15 is 0 Å². The third-order valence-corrected chi connectivity index (χ3v) is 5.65. The van der Waals surface area contributed by atoms with Gasteiger partial charge in [0.15, 0.2) is 0 Å². The molecule has 1 aliphatic heterocycles. The lowest BCUT2D eigenvalue weighted by molar-refractivity contribution is -0.140. The highest BCUT2D eigenvalue weighted by atomic mass is 16.2. The summed E-state index contributed by atoms with van der Waals surface area (Å²) in [6.07, 6.45) is 8.28. The van der Waals surface area contributed by atoms with Gasteiger partial charge in [0.05, 0.1) is 0 Å². The van der Waals surface area contributed by atoms with Crippen LogP contribution in [0.4, 0.5) is 0 Å². The maximum Gasteiger partial charge on any atom is 0.225 e. The quantitative estimate of drug-likeness (QED) is 0.865. The van der Waals surface area contributed by atoms with Gasteiger partial charge in [-0.05, 0) is 63.3 Å². The third kappa shape index (κ3) is 4.21. The lowest BCUT2D eigenvalue weighted by atomic mass is 9.69. The molecule has 1 aliphatic carbocycles. The molecule has 0 bridgehead atoms. The lowest BCUT2D eigenvalue weighted by Gasteiger charge is -2.41. The number of hydrogen-bond donors (Lipinski definition) is 1. The molecule has 1 atom stereocenters. The van der Waals surface area contributed by atoms with E-state index in [4.69, 9.17) is 0 Å². The minimum atomic E-state index is 0.293. The average Bonchev–Trinajstić information content (AvgIpc) is 2.47. The van der Waals surface area contributed by atoms with Gasteiger partial charge in [0.1, 0.15) is 0 Å². The number of piperidine rings is 1. The van der Waals surface area contributed by atoms with E-state index < -0.39 is 0 Å². The molecule has 3 heteroatoms. The van der Waals surface area contributed by atoms with Crippen LogP contribution in [-0.4, -0.2) is 37.0 Å². The van der Waals surface area contributed by atoms with Gasteiger partial charge in [0, 0.05) is 25.0 Å². The summed E-state index contributed by atoms with van der Waals surface area (Å²) in [5.41, 5.74) is 0.397. The summed E-state index contributed by atoms with van der Waals surface area (Å²) in [7, 11) is 1.99. The van der Waals surface area contributed by atoms with Crippen molar-refractivity contribution in [1.82, 2.24) is 10.2 Å². The molecule has 1 N–H and O–H groups in total. The van der Waals surface area contributed by atoms with Crippen LogP contribution < -0.4 is 5.32 Å². The number of nitrogens with zero attached hydrogens (tertiary/aromatic N) is 1. The molecule has 0 spiro atoms. The molecule has 2 fully saturated rings. The zero-order valence-electron chi connectivity index (χ0n) is 14.5. The van der Waals surface area contributed by atoms with E-state index in [1.165, 1.54) is 32.1 Å². The van der Waals surface area contributed by atoms with Crippen LogP contribution in [0.3, 0.4) is 0 Å². The fourth-order valence-corrected chi connectivity index (χ4v) is 4.18. The van der Waals surface area contributed by atoms with Crippen LogP contribution in [0.15, 0.2) is 0 Å². The van der Waals surface area contributed by atoms with Gasteiger partial charge in [-0.3, -0.25) is 4.79 Å². The Labute approximate surface area is 130 Å². The fourth-order valence-electron chi connectivity index (χ4n) is 4.18. The molecule has 1 unspecified atom stereocenters. The Balaban J connectivity index is 1.91. The monoisotopic (exact) mass is 294 g/mol. The SMILES string of the molecule is CNCC1CCCCN1C(=O)C1CCC(C(C)(C)C)CC1. The smallest absolute Gasteiger partial charge is 0.225 e. The van der Waals surface area contributed by atoms with Crippen LogP contribution in [0, 0.1) is 17.3 Å². The van der Waals surface area contributed by atoms with Crippen molar-refractivity contribution in [1.29, 1.82) is 0 Å². The van der Waals surface area contributed by atoms with E-state index in [1.54, 1.807) is 0 Å². The molecule has 1 heterocycles. The third-order valence-electron chi connectivity index (χ3n) is 5.65. The van der Waals surface area contributed by atoms with Crippen LogP contribution in [0.1, 0.15) is 65.7 Å². The zero-order chi connectivity index (χ0) is 15.5. The molecule has 122 valence electrons. The standard InChI is InChI=1S/C18H34N2O/c1-18(2,3)15-10-8-14(9-11-15)17(21)20-12-6-5-7-16(20)13-19-4/h14-16,19H,5-13H2,1-4H3. The fraction of sp³-hybridized carbons (Fsp3) is 0.944. The summed E-state index contributed by atoms with van der Waals surface area (Å²) in [6.45, 7) is 8.95. The summed E-state index contributed by atoms with van der Waals surface area (Å²) in [6, 6.07) is 0.427. The number of carbonyl (C=O) groups excluding carboxylic acids is 1. The van der Waals surface area contributed by atoms with Crippen molar-refractivity contribution in [3.63, 3.8) is 0 Å². The Bertz CT molecular complexity index is 338. The van der Waals surface area contributed by atoms with Gasteiger partial charge in [0.2, 0.25) is 5.91 Å². The van der Waals surface area contributed by atoms with Crippen molar-refractivity contribution in [2.24, 2.45) is 17.3 Å². The van der Waals surface area contributed by atoms with Crippen molar-refractivity contribution in [3.05, 3.63) is 0 Å². The summed E-state index contributed by atoms with van der Waals surface area (Å²) in [4.78, 5) is 15.1. The Hall–Kier alpha value is -0.570. The number of likely N-dealkylation sites (tertiary alicyclic amines) is 1. The summed E-state index contributed by atoms with van der Waals surface area (Å²) in [5, 5.41) is 3.26. The molecule has 1 saturated heterocycles. The normalized spacial score (nSPS) is 31.2. The first-order valence-corrected chi connectivity index (χ1v) is 8.88. The van der Waals surface area contributed by atoms with Gasteiger partial charge in [0.25, 0.3) is 0 Å². The van der Waals surface area contributed by atoms with Gasteiger partial charge in [-0.15, -0.1) is 0 Å². The first-order chi connectivity index (χ1) is 9.93. The number of nitrogens with one attached hydrogen (secondary N) is 1. The van der Waals surface area contributed by atoms with Crippen molar-refractivity contribution in [3.8, 4) is 0 Å². The second kappa shape index (κ2) is 7.13. The van der Waals surface area contributed by atoms with Crippen molar-refractivity contribution < 1.29 is 4.79 Å². The molecule has 2 aliphatic rings. The van der Waals surface area contributed by atoms with E-state index in [0.717, 1.165) is 31.8 Å². The highest BCUT2D eigenvalue weighted by Gasteiger charge is 2.36. The minimum Gasteiger partial charge on any atom is -0.338 e. The Morgan fingerprint density at radius 2 is 1.76 bits per heavy atom. The maximum atomic E-state index is 12.9. The van der Waals surface area contributed by atoms with E-state index in [2.05, 4.69) is 31.0 Å². The van der Waals surface area contributed by atoms with E-state index in [0.29, 0.717) is 23.3 Å². The predicted octanol–water partition coefficient (Wildman–Crippen LogP) is 3.44. The lowest BCUT2D eigenvalue weighted by Crippen LogP contribution is -2.50. The Morgan fingerprint density at radius 3 is 2.33 bits per heavy atom. The average molecular weight is 294 g/mol. The van der Waals surface area contributed by atoms with E-state index in [-0.39, 0.29) is 0 Å². The summed E-state index contributed by atoms with van der Waals surface area (Å²) >= 11 is 0. The molecule has 0 aromatic carbocycles. The summed E-state index contributed by atoms with van der Waals surface area (Å²) < 4.78 is 0. The molecule has 3 nitrogen and oxygen atoms in total. The van der Waals surface area contributed by atoms with Gasteiger partial charge >= 0.3 is 0 Å². The van der Waals surface area contributed by atoms with Crippen molar-refractivity contribution in [2.45, 2.75) is 71.8 Å². The minimum absolute atomic E-state index is 0.293. The predicted molar refractivity (Wildman–Crippen MR) is 88.2 cm³/mol. The van der Waals surface area contributed by atoms with Crippen LogP contribution in [-0.2, 0) is 4.79 Å². The van der Waals surface area contributed by atoms with Gasteiger partial charge in [-0.2, -0.15) is 0 Å². The molecule has 21 heavy (non-hydrogen) atoms. The highest BCUT2D eigenvalue weighted by Crippen LogP contribution is 2.40. The molecule has 0 radical (unpaired) electrons. The van der Waals surface area contributed by atoms with E-state index in [9.17, 15) is 4.79 Å². The van der Waals surface area contributed by atoms with Gasteiger partial charge < -0.3 is 10.2 Å². The largest absolute Gasteiger partial charge is 0.338 e. The van der Waals surface area contributed by atoms with Gasteiger partial charge in [-0.25, -0.2) is 0 Å². The molecule has 0 aromatic heterocycles. The number of amides is 1. The van der Waals surface area contributed by atoms with Crippen molar-refractivity contribution >= 4 is 5.91 Å². The second-order valence-electron chi connectivity index (χ2n) is 8.15. The zero-order valence-corrected chi connectivity index (χ0v) is 14.5. The maximum absolute atomic E-state index is 12.9. The second-order valence-corrected chi connectivity index (χ2v) is 8.15. The highest BCUT2D eigenvalue weighted by molar-refractivity contribution is 5.79. The molecule has 2 rings (SSSR count). The van der Waals surface area contributed by atoms with Crippen LogP contribution in [0.5, 0.6) is 0 Å². The van der Waals surface area contributed by atoms with Crippen LogP contribution >= 0.6 is 0 Å². The van der Waals surface area contributed by atoms with Gasteiger partial charge in [-0.1, -0.05) is 20.8 Å². The first kappa shape index (κ1) is 16.8.